The standard InChI is InChI=1S/C18H25N3OS/c1-14(16-6-7-22-11-16)20-17-5-3-4-15(8-17)9-21(2)10-18-12-23-13-19-18/h3-5,8,12-14,16,20H,6-7,9-11H2,1-2H3/t14-,16-/m0/s1. The zero-order chi connectivity index (χ0) is 16.1. The average Bonchev–Trinajstić information content (AvgIpc) is 3.20. The first-order chi connectivity index (χ1) is 11.2. The van der Waals surface area contributed by atoms with Crippen LogP contribution in [0.4, 0.5) is 5.69 Å². The van der Waals surface area contributed by atoms with E-state index < -0.39 is 0 Å². The third kappa shape index (κ3) is 4.77. The topological polar surface area (TPSA) is 37.4 Å². The zero-order valence-corrected chi connectivity index (χ0v) is 14.7. The first-order valence-electron chi connectivity index (χ1n) is 8.19. The van der Waals surface area contributed by atoms with Crippen LogP contribution in [-0.4, -0.2) is 36.2 Å². The van der Waals surface area contributed by atoms with E-state index in [0.717, 1.165) is 38.4 Å². The summed E-state index contributed by atoms with van der Waals surface area (Å²) < 4.78 is 5.49. The third-order valence-corrected chi connectivity index (χ3v) is 5.00. The number of anilines is 1. The molecule has 23 heavy (non-hydrogen) atoms. The Labute approximate surface area is 142 Å². The van der Waals surface area contributed by atoms with Crippen molar-refractivity contribution in [2.45, 2.75) is 32.5 Å². The zero-order valence-electron chi connectivity index (χ0n) is 13.9. The summed E-state index contributed by atoms with van der Waals surface area (Å²) in [6.45, 7) is 5.84. The fourth-order valence-corrected chi connectivity index (χ4v) is 3.60. The van der Waals surface area contributed by atoms with Gasteiger partial charge in [0.25, 0.3) is 0 Å². The molecule has 2 aromatic rings. The Morgan fingerprint density at radius 1 is 1.43 bits per heavy atom. The first kappa shape index (κ1) is 16.4. The van der Waals surface area contributed by atoms with E-state index in [4.69, 9.17) is 4.74 Å². The van der Waals surface area contributed by atoms with Gasteiger partial charge in [-0.15, -0.1) is 11.3 Å². The first-order valence-corrected chi connectivity index (χ1v) is 9.14. The SMILES string of the molecule is C[C@H](Nc1cccc(CN(C)Cc2cscn2)c1)[C@H]1CCOC1. The molecule has 3 rings (SSSR count). The summed E-state index contributed by atoms with van der Waals surface area (Å²) >= 11 is 1.65. The molecule has 1 aliphatic heterocycles. The highest BCUT2D eigenvalue weighted by molar-refractivity contribution is 7.07. The highest BCUT2D eigenvalue weighted by atomic mass is 32.1. The third-order valence-electron chi connectivity index (χ3n) is 4.36. The van der Waals surface area contributed by atoms with Crippen LogP contribution in [0.1, 0.15) is 24.6 Å². The van der Waals surface area contributed by atoms with Crippen LogP contribution in [0.15, 0.2) is 35.2 Å². The van der Waals surface area contributed by atoms with Gasteiger partial charge in [0.15, 0.2) is 0 Å². The maximum absolute atomic E-state index is 5.49. The highest BCUT2D eigenvalue weighted by Gasteiger charge is 2.22. The molecule has 0 aliphatic carbocycles. The van der Waals surface area contributed by atoms with Crippen molar-refractivity contribution in [3.63, 3.8) is 0 Å². The second-order valence-electron chi connectivity index (χ2n) is 6.41. The number of hydrogen-bond donors (Lipinski definition) is 1. The van der Waals surface area contributed by atoms with Gasteiger partial charge >= 0.3 is 0 Å². The minimum absolute atomic E-state index is 0.445. The second-order valence-corrected chi connectivity index (χ2v) is 7.13. The molecule has 1 aromatic carbocycles. The number of rotatable bonds is 7. The van der Waals surface area contributed by atoms with Gasteiger partial charge in [0.2, 0.25) is 0 Å². The molecule has 5 heteroatoms. The molecule has 2 atom stereocenters. The molecular formula is C18H25N3OS. The normalized spacial score (nSPS) is 19.2. The van der Waals surface area contributed by atoms with Crippen LogP contribution in [0.2, 0.25) is 0 Å². The Morgan fingerprint density at radius 3 is 3.09 bits per heavy atom. The summed E-state index contributed by atoms with van der Waals surface area (Å²) in [5.74, 6) is 0.617. The van der Waals surface area contributed by atoms with Crippen LogP contribution >= 0.6 is 11.3 Å². The predicted molar refractivity (Wildman–Crippen MR) is 95.7 cm³/mol. The van der Waals surface area contributed by atoms with E-state index in [-0.39, 0.29) is 0 Å². The van der Waals surface area contributed by atoms with Gasteiger partial charge in [-0.25, -0.2) is 4.98 Å². The predicted octanol–water partition coefficient (Wildman–Crippen LogP) is 3.61. The van der Waals surface area contributed by atoms with Gasteiger partial charge in [0.1, 0.15) is 0 Å². The minimum atomic E-state index is 0.445. The lowest BCUT2D eigenvalue weighted by Gasteiger charge is -2.21. The van der Waals surface area contributed by atoms with E-state index in [2.05, 4.69) is 58.8 Å². The molecule has 0 bridgehead atoms. The lowest BCUT2D eigenvalue weighted by Crippen LogP contribution is -2.26. The Morgan fingerprint density at radius 2 is 2.35 bits per heavy atom. The summed E-state index contributed by atoms with van der Waals surface area (Å²) in [5.41, 5.74) is 5.55. The molecule has 1 aliphatic rings. The molecule has 0 spiro atoms. The van der Waals surface area contributed by atoms with Crippen molar-refractivity contribution in [2.24, 2.45) is 5.92 Å². The molecule has 0 unspecified atom stereocenters. The van der Waals surface area contributed by atoms with E-state index in [1.807, 2.05) is 5.51 Å². The van der Waals surface area contributed by atoms with Crippen molar-refractivity contribution in [3.8, 4) is 0 Å². The quantitative estimate of drug-likeness (QED) is 0.841. The lowest BCUT2D eigenvalue weighted by molar-refractivity contribution is 0.183. The number of benzene rings is 1. The van der Waals surface area contributed by atoms with Gasteiger partial charge < -0.3 is 10.1 Å². The van der Waals surface area contributed by atoms with Crippen LogP contribution < -0.4 is 5.32 Å². The fraction of sp³-hybridized carbons (Fsp3) is 0.500. The number of aromatic nitrogens is 1. The van der Waals surface area contributed by atoms with Crippen molar-refractivity contribution in [3.05, 3.63) is 46.4 Å². The number of thiazole rings is 1. The molecule has 4 nitrogen and oxygen atoms in total. The fourth-order valence-electron chi connectivity index (χ4n) is 3.05. The van der Waals surface area contributed by atoms with Crippen molar-refractivity contribution < 1.29 is 4.74 Å². The van der Waals surface area contributed by atoms with Crippen molar-refractivity contribution >= 4 is 17.0 Å². The van der Waals surface area contributed by atoms with Gasteiger partial charge in [-0.1, -0.05) is 12.1 Å². The molecule has 1 aromatic heterocycles. The van der Waals surface area contributed by atoms with Crippen molar-refractivity contribution in [2.75, 3.05) is 25.6 Å². The molecule has 1 fully saturated rings. The molecule has 124 valence electrons. The molecular weight excluding hydrogens is 306 g/mol. The maximum Gasteiger partial charge on any atom is 0.0795 e. The van der Waals surface area contributed by atoms with Crippen LogP contribution in [0, 0.1) is 5.92 Å². The van der Waals surface area contributed by atoms with Crippen LogP contribution in [-0.2, 0) is 17.8 Å². The maximum atomic E-state index is 5.49. The van der Waals surface area contributed by atoms with Crippen molar-refractivity contribution in [1.82, 2.24) is 9.88 Å². The summed E-state index contributed by atoms with van der Waals surface area (Å²) in [7, 11) is 2.14. The number of nitrogens with zero attached hydrogens (tertiary/aromatic N) is 2. The Kier molecular flexibility index (Phi) is 5.65. The van der Waals surface area contributed by atoms with Gasteiger partial charge in [-0.3, -0.25) is 4.90 Å². The lowest BCUT2D eigenvalue weighted by atomic mass is 10.0. The molecule has 0 amide bonds. The Bertz CT molecular complexity index is 596. The van der Waals surface area contributed by atoms with Crippen molar-refractivity contribution in [1.29, 1.82) is 0 Å². The van der Waals surface area contributed by atoms with Crippen LogP contribution in [0.3, 0.4) is 0 Å². The summed E-state index contributed by atoms with van der Waals surface area (Å²) in [4.78, 5) is 6.65. The van der Waals surface area contributed by atoms with Gasteiger partial charge in [0, 0.05) is 42.7 Å². The van der Waals surface area contributed by atoms with E-state index >= 15 is 0 Å². The van der Waals surface area contributed by atoms with E-state index in [9.17, 15) is 0 Å². The van der Waals surface area contributed by atoms with Gasteiger partial charge in [0.05, 0.1) is 17.8 Å². The molecule has 0 saturated carbocycles. The van der Waals surface area contributed by atoms with E-state index in [0.29, 0.717) is 12.0 Å². The highest BCUT2D eigenvalue weighted by Crippen LogP contribution is 2.21. The largest absolute Gasteiger partial charge is 0.382 e. The molecule has 1 saturated heterocycles. The Hall–Kier alpha value is -1.43. The summed E-state index contributed by atoms with van der Waals surface area (Å²) in [6, 6.07) is 9.17. The minimum Gasteiger partial charge on any atom is -0.382 e. The smallest absolute Gasteiger partial charge is 0.0795 e. The Balaban J connectivity index is 1.56. The molecule has 1 N–H and O–H groups in total. The number of nitrogens with one attached hydrogen (secondary N) is 1. The van der Waals surface area contributed by atoms with Crippen LogP contribution in [0.25, 0.3) is 0 Å². The number of ether oxygens (including phenoxy) is 1. The second kappa shape index (κ2) is 7.90. The summed E-state index contributed by atoms with van der Waals surface area (Å²) in [6.07, 6.45) is 1.16. The number of hydrogen-bond acceptors (Lipinski definition) is 5. The van der Waals surface area contributed by atoms with Gasteiger partial charge in [-0.2, -0.15) is 0 Å². The van der Waals surface area contributed by atoms with E-state index in [1.165, 1.54) is 11.3 Å². The monoisotopic (exact) mass is 331 g/mol. The molecule has 2 heterocycles. The summed E-state index contributed by atoms with van der Waals surface area (Å²) in [5, 5.41) is 5.74. The van der Waals surface area contributed by atoms with Gasteiger partial charge in [-0.05, 0) is 38.1 Å². The van der Waals surface area contributed by atoms with Crippen LogP contribution in [0.5, 0.6) is 0 Å². The average molecular weight is 331 g/mol. The van der Waals surface area contributed by atoms with E-state index in [1.54, 1.807) is 11.3 Å². The molecule has 0 radical (unpaired) electrons.